The summed E-state index contributed by atoms with van der Waals surface area (Å²) in [4.78, 5) is 20.7. The van der Waals surface area contributed by atoms with Crippen LogP contribution in [0.2, 0.25) is 0 Å². The molecule has 0 aliphatic carbocycles. The average molecular weight is 261 g/mol. The standard InChI is InChI=1S/C14H19N3O2/c1-19-13-6-4-5-12(15-13)17-9-11(10-17)14(18)16-7-2-3-8-16/h4-6,11H,2-3,7-10H2,1H3. The van der Waals surface area contributed by atoms with Crippen LogP contribution in [-0.4, -0.2) is 49.1 Å². The van der Waals surface area contributed by atoms with Crippen LogP contribution in [0.4, 0.5) is 5.82 Å². The van der Waals surface area contributed by atoms with E-state index in [9.17, 15) is 4.79 Å². The highest BCUT2D eigenvalue weighted by molar-refractivity contribution is 5.82. The van der Waals surface area contributed by atoms with Gasteiger partial charge in [-0.3, -0.25) is 4.79 Å². The molecule has 19 heavy (non-hydrogen) atoms. The van der Waals surface area contributed by atoms with Gasteiger partial charge >= 0.3 is 0 Å². The minimum Gasteiger partial charge on any atom is -0.481 e. The molecule has 102 valence electrons. The molecule has 1 amide bonds. The van der Waals surface area contributed by atoms with Crippen LogP contribution in [0.3, 0.4) is 0 Å². The fourth-order valence-electron chi connectivity index (χ4n) is 2.71. The summed E-state index contributed by atoms with van der Waals surface area (Å²) in [5.41, 5.74) is 0. The van der Waals surface area contributed by atoms with Gasteiger partial charge in [-0.05, 0) is 18.9 Å². The van der Waals surface area contributed by atoms with Gasteiger partial charge in [-0.15, -0.1) is 0 Å². The number of aromatic nitrogens is 1. The minimum absolute atomic E-state index is 0.145. The summed E-state index contributed by atoms with van der Waals surface area (Å²) in [6.45, 7) is 3.42. The molecule has 0 saturated carbocycles. The van der Waals surface area contributed by atoms with E-state index in [0.29, 0.717) is 11.8 Å². The van der Waals surface area contributed by atoms with E-state index >= 15 is 0 Å². The lowest BCUT2D eigenvalue weighted by Crippen LogP contribution is -2.54. The molecule has 0 bridgehead atoms. The number of amides is 1. The molecule has 2 fully saturated rings. The zero-order valence-electron chi connectivity index (χ0n) is 11.2. The number of pyridine rings is 1. The fraction of sp³-hybridized carbons (Fsp3) is 0.571. The Balaban J connectivity index is 1.58. The first-order valence-electron chi connectivity index (χ1n) is 6.83. The van der Waals surface area contributed by atoms with Gasteiger partial charge in [-0.1, -0.05) is 6.07 Å². The Labute approximate surface area is 113 Å². The number of methoxy groups -OCH3 is 1. The number of rotatable bonds is 3. The number of hydrogen-bond donors (Lipinski definition) is 0. The molecule has 2 aliphatic heterocycles. The lowest BCUT2D eigenvalue weighted by molar-refractivity contribution is -0.135. The number of likely N-dealkylation sites (tertiary alicyclic amines) is 1. The Hall–Kier alpha value is -1.78. The van der Waals surface area contributed by atoms with Crippen molar-refractivity contribution in [2.75, 3.05) is 38.2 Å². The van der Waals surface area contributed by atoms with E-state index in [0.717, 1.165) is 44.8 Å². The van der Waals surface area contributed by atoms with Crippen molar-refractivity contribution in [1.82, 2.24) is 9.88 Å². The molecule has 0 radical (unpaired) electrons. The largest absolute Gasteiger partial charge is 0.481 e. The molecule has 0 spiro atoms. The number of ether oxygens (including phenoxy) is 1. The van der Waals surface area contributed by atoms with Crippen molar-refractivity contribution in [3.63, 3.8) is 0 Å². The van der Waals surface area contributed by atoms with Gasteiger partial charge < -0.3 is 14.5 Å². The Morgan fingerprint density at radius 1 is 1.32 bits per heavy atom. The topological polar surface area (TPSA) is 45.7 Å². The molecule has 0 unspecified atom stereocenters. The molecule has 3 rings (SSSR count). The Bertz CT molecular complexity index is 466. The maximum absolute atomic E-state index is 12.2. The molecular weight excluding hydrogens is 242 g/mol. The van der Waals surface area contributed by atoms with E-state index in [-0.39, 0.29) is 5.92 Å². The van der Waals surface area contributed by atoms with Gasteiger partial charge in [0.1, 0.15) is 5.82 Å². The first-order chi connectivity index (χ1) is 9.28. The van der Waals surface area contributed by atoms with Crippen molar-refractivity contribution in [2.45, 2.75) is 12.8 Å². The van der Waals surface area contributed by atoms with Crippen LogP contribution < -0.4 is 9.64 Å². The SMILES string of the molecule is COc1cccc(N2CC(C(=O)N3CCCC3)C2)n1. The molecule has 3 heterocycles. The van der Waals surface area contributed by atoms with Gasteiger partial charge in [0.15, 0.2) is 0 Å². The summed E-state index contributed by atoms with van der Waals surface area (Å²) < 4.78 is 5.12. The lowest BCUT2D eigenvalue weighted by atomic mass is 9.98. The monoisotopic (exact) mass is 261 g/mol. The van der Waals surface area contributed by atoms with E-state index in [1.54, 1.807) is 7.11 Å². The highest BCUT2D eigenvalue weighted by atomic mass is 16.5. The third kappa shape index (κ3) is 2.37. The molecule has 5 heteroatoms. The van der Waals surface area contributed by atoms with Crippen LogP contribution in [0.5, 0.6) is 5.88 Å². The van der Waals surface area contributed by atoms with Crippen LogP contribution in [0, 0.1) is 5.92 Å². The van der Waals surface area contributed by atoms with Gasteiger partial charge in [0, 0.05) is 32.2 Å². The Morgan fingerprint density at radius 2 is 2.05 bits per heavy atom. The molecule has 0 atom stereocenters. The quantitative estimate of drug-likeness (QED) is 0.819. The lowest BCUT2D eigenvalue weighted by Gasteiger charge is -2.40. The number of carbonyl (C=O) groups excluding carboxylic acids is 1. The number of carbonyl (C=O) groups is 1. The van der Waals surface area contributed by atoms with Crippen molar-refractivity contribution in [1.29, 1.82) is 0 Å². The second kappa shape index (κ2) is 5.07. The van der Waals surface area contributed by atoms with Gasteiger partial charge in [0.25, 0.3) is 0 Å². The number of hydrogen-bond acceptors (Lipinski definition) is 4. The third-order valence-electron chi connectivity index (χ3n) is 3.89. The molecule has 1 aromatic rings. The number of nitrogens with zero attached hydrogens (tertiary/aromatic N) is 3. The second-order valence-electron chi connectivity index (χ2n) is 5.17. The van der Waals surface area contributed by atoms with Crippen LogP contribution >= 0.6 is 0 Å². The van der Waals surface area contributed by atoms with Crippen LogP contribution in [0.25, 0.3) is 0 Å². The van der Waals surface area contributed by atoms with Crippen molar-refractivity contribution < 1.29 is 9.53 Å². The number of anilines is 1. The third-order valence-corrected chi connectivity index (χ3v) is 3.89. The van der Waals surface area contributed by atoms with Gasteiger partial charge in [0.05, 0.1) is 13.0 Å². The van der Waals surface area contributed by atoms with E-state index < -0.39 is 0 Å². The first kappa shape index (κ1) is 12.3. The van der Waals surface area contributed by atoms with E-state index in [4.69, 9.17) is 4.74 Å². The maximum Gasteiger partial charge on any atom is 0.229 e. The molecule has 1 aromatic heterocycles. The Morgan fingerprint density at radius 3 is 2.74 bits per heavy atom. The van der Waals surface area contributed by atoms with Crippen LogP contribution in [0.1, 0.15) is 12.8 Å². The summed E-state index contributed by atoms with van der Waals surface area (Å²) in [5, 5.41) is 0. The zero-order valence-corrected chi connectivity index (χ0v) is 11.2. The first-order valence-corrected chi connectivity index (χ1v) is 6.83. The fourth-order valence-corrected chi connectivity index (χ4v) is 2.71. The van der Waals surface area contributed by atoms with E-state index in [1.165, 1.54) is 0 Å². The summed E-state index contributed by atoms with van der Waals surface area (Å²) >= 11 is 0. The van der Waals surface area contributed by atoms with Gasteiger partial charge in [-0.2, -0.15) is 4.98 Å². The summed E-state index contributed by atoms with van der Waals surface area (Å²) in [5.74, 6) is 1.97. The molecule has 2 saturated heterocycles. The van der Waals surface area contributed by atoms with E-state index in [2.05, 4.69) is 9.88 Å². The predicted octanol–water partition coefficient (Wildman–Crippen LogP) is 1.15. The summed E-state index contributed by atoms with van der Waals surface area (Å²) in [7, 11) is 1.61. The van der Waals surface area contributed by atoms with Gasteiger partial charge in [0.2, 0.25) is 11.8 Å². The molecule has 2 aliphatic rings. The zero-order chi connectivity index (χ0) is 13.2. The van der Waals surface area contributed by atoms with Crippen LogP contribution in [0.15, 0.2) is 18.2 Å². The molecule has 0 N–H and O–H groups in total. The van der Waals surface area contributed by atoms with Crippen molar-refractivity contribution in [2.24, 2.45) is 5.92 Å². The van der Waals surface area contributed by atoms with Crippen molar-refractivity contribution in [3.8, 4) is 5.88 Å². The second-order valence-corrected chi connectivity index (χ2v) is 5.17. The van der Waals surface area contributed by atoms with Crippen molar-refractivity contribution in [3.05, 3.63) is 18.2 Å². The predicted molar refractivity (Wildman–Crippen MR) is 72.3 cm³/mol. The minimum atomic E-state index is 0.145. The van der Waals surface area contributed by atoms with Crippen molar-refractivity contribution >= 4 is 11.7 Å². The highest BCUT2D eigenvalue weighted by Crippen LogP contribution is 2.26. The highest BCUT2D eigenvalue weighted by Gasteiger charge is 2.36. The smallest absolute Gasteiger partial charge is 0.229 e. The maximum atomic E-state index is 12.2. The summed E-state index contributed by atoms with van der Waals surface area (Å²) in [6, 6.07) is 5.71. The molecular formula is C14H19N3O2. The summed E-state index contributed by atoms with van der Waals surface area (Å²) in [6.07, 6.45) is 2.30. The average Bonchev–Trinajstić information content (AvgIpc) is 2.91. The molecule has 0 aromatic carbocycles. The van der Waals surface area contributed by atoms with Crippen LogP contribution in [-0.2, 0) is 4.79 Å². The van der Waals surface area contributed by atoms with Gasteiger partial charge in [-0.25, -0.2) is 0 Å². The molecule has 5 nitrogen and oxygen atoms in total. The Kier molecular flexibility index (Phi) is 3.27. The van der Waals surface area contributed by atoms with E-state index in [1.807, 2.05) is 23.1 Å². The normalized spacial score (nSPS) is 19.4.